The van der Waals surface area contributed by atoms with Gasteiger partial charge in [-0.15, -0.1) is 0 Å². The Labute approximate surface area is 163 Å². The minimum absolute atomic E-state index is 0.0559. The first kappa shape index (κ1) is 18.0. The summed E-state index contributed by atoms with van der Waals surface area (Å²) in [5, 5.41) is 3.12. The lowest BCUT2D eigenvalue weighted by Gasteiger charge is -2.32. The van der Waals surface area contributed by atoms with Crippen LogP contribution in [0.3, 0.4) is 0 Å². The van der Waals surface area contributed by atoms with Crippen molar-refractivity contribution in [1.29, 1.82) is 0 Å². The molecule has 1 amide bonds. The summed E-state index contributed by atoms with van der Waals surface area (Å²) in [7, 11) is 0. The van der Waals surface area contributed by atoms with Gasteiger partial charge >= 0.3 is 0 Å². The highest BCUT2D eigenvalue weighted by molar-refractivity contribution is 5.94. The highest BCUT2D eigenvalue weighted by atomic mass is 16.1. The second kappa shape index (κ2) is 7.72. The van der Waals surface area contributed by atoms with Gasteiger partial charge in [-0.05, 0) is 56.2 Å². The summed E-state index contributed by atoms with van der Waals surface area (Å²) in [4.78, 5) is 33.4. The molecule has 7 nitrogen and oxygen atoms in total. The molecule has 144 valence electrons. The Morgan fingerprint density at radius 1 is 1.14 bits per heavy atom. The molecular weight excluding hydrogens is 354 g/mol. The smallest absolute Gasteiger partial charge is 0.252 e. The minimum Gasteiger partial charge on any atom is -0.349 e. The maximum Gasteiger partial charge on any atom is 0.252 e. The number of nitrogens with zero attached hydrogens (tertiary/aromatic N) is 3. The quantitative estimate of drug-likeness (QED) is 0.731. The van der Waals surface area contributed by atoms with E-state index in [2.05, 4.69) is 20.2 Å². The van der Waals surface area contributed by atoms with Gasteiger partial charge < -0.3 is 14.8 Å². The van der Waals surface area contributed by atoms with Gasteiger partial charge in [-0.25, -0.2) is 4.98 Å². The van der Waals surface area contributed by atoms with Crippen LogP contribution >= 0.6 is 0 Å². The van der Waals surface area contributed by atoms with Crippen LogP contribution in [-0.2, 0) is 0 Å². The molecular formula is C21H23N5O2. The fraction of sp³-hybridized carbons (Fsp3) is 0.286. The summed E-state index contributed by atoms with van der Waals surface area (Å²) in [6, 6.07) is 13.1. The van der Waals surface area contributed by atoms with Crippen LogP contribution in [0, 0.1) is 6.92 Å². The Balaban J connectivity index is 1.34. The van der Waals surface area contributed by atoms with Crippen LogP contribution in [0.25, 0.3) is 5.69 Å². The zero-order valence-electron chi connectivity index (χ0n) is 15.8. The van der Waals surface area contributed by atoms with Crippen molar-refractivity contribution < 1.29 is 4.79 Å². The minimum atomic E-state index is -0.138. The van der Waals surface area contributed by atoms with Crippen LogP contribution in [0.5, 0.6) is 0 Å². The van der Waals surface area contributed by atoms with E-state index in [9.17, 15) is 9.59 Å². The standard InChI is InChI=1S/C21H23N5O2/c1-15-14-19(27)24-21(22-15)26-12-8-17(9-13-26)23-20(28)16-4-6-18(7-5-16)25-10-2-3-11-25/h2-7,10-11,14,17H,8-9,12-13H2,1H3,(H,23,28)(H,22,24,27). The first-order chi connectivity index (χ1) is 13.6. The normalized spacial score (nSPS) is 14.8. The van der Waals surface area contributed by atoms with E-state index >= 15 is 0 Å². The molecule has 1 aromatic carbocycles. The van der Waals surface area contributed by atoms with Gasteiger partial charge in [0.15, 0.2) is 0 Å². The average molecular weight is 377 g/mol. The molecule has 0 spiro atoms. The predicted molar refractivity (Wildman–Crippen MR) is 108 cm³/mol. The van der Waals surface area contributed by atoms with Crippen LogP contribution in [0.1, 0.15) is 28.9 Å². The summed E-state index contributed by atoms with van der Waals surface area (Å²) in [6.45, 7) is 3.29. The molecule has 1 fully saturated rings. The van der Waals surface area contributed by atoms with E-state index in [1.54, 1.807) is 0 Å². The number of anilines is 1. The number of aromatic amines is 1. The van der Waals surface area contributed by atoms with Crippen molar-refractivity contribution in [1.82, 2.24) is 19.9 Å². The number of aryl methyl sites for hydroxylation is 1. The lowest BCUT2D eigenvalue weighted by atomic mass is 10.0. The molecule has 4 rings (SSSR count). The van der Waals surface area contributed by atoms with E-state index in [1.807, 2.05) is 60.3 Å². The van der Waals surface area contributed by atoms with Gasteiger partial charge in [-0.2, -0.15) is 0 Å². The van der Waals surface area contributed by atoms with Crippen molar-refractivity contribution in [3.8, 4) is 5.69 Å². The molecule has 7 heteroatoms. The second-order valence-corrected chi connectivity index (χ2v) is 7.08. The predicted octanol–water partition coefficient (Wildman–Crippen LogP) is 2.27. The van der Waals surface area contributed by atoms with Crippen LogP contribution in [0.15, 0.2) is 59.7 Å². The van der Waals surface area contributed by atoms with E-state index in [0.29, 0.717) is 17.2 Å². The summed E-state index contributed by atoms with van der Waals surface area (Å²) < 4.78 is 2.00. The molecule has 0 radical (unpaired) electrons. The molecule has 0 saturated carbocycles. The average Bonchev–Trinajstić information content (AvgIpc) is 3.23. The van der Waals surface area contributed by atoms with Crippen LogP contribution in [0.2, 0.25) is 0 Å². The Bertz CT molecular complexity index is 1000. The van der Waals surface area contributed by atoms with Gasteiger partial charge in [0.1, 0.15) is 0 Å². The van der Waals surface area contributed by atoms with E-state index in [0.717, 1.165) is 31.6 Å². The third kappa shape index (κ3) is 3.98. The van der Waals surface area contributed by atoms with E-state index in [1.165, 1.54) is 6.07 Å². The molecule has 28 heavy (non-hydrogen) atoms. The molecule has 0 bridgehead atoms. The van der Waals surface area contributed by atoms with Crippen LogP contribution < -0.4 is 15.8 Å². The Morgan fingerprint density at radius 3 is 2.46 bits per heavy atom. The number of benzene rings is 1. The maximum atomic E-state index is 12.6. The molecule has 0 atom stereocenters. The van der Waals surface area contributed by atoms with Gasteiger partial charge in [0.2, 0.25) is 5.95 Å². The molecule has 1 saturated heterocycles. The molecule has 0 unspecified atom stereocenters. The van der Waals surface area contributed by atoms with Crippen LogP contribution in [0.4, 0.5) is 5.95 Å². The second-order valence-electron chi connectivity index (χ2n) is 7.08. The summed E-state index contributed by atoms with van der Waals surface area (Å²) in [6.07, 6.45) is 5.56. The van der Waals surface area contributed by atoms with Crippen molar-refractivity contribution in [2.75, 3.05) is 18.0 Å². The van der Waals surface area contributed by atoms with E-state index in [-0.39, 0.29) is 17.5 Å². The molecule has 2 N–H and O–H groups in total. The van der Waals surface area contributed by atoms with E-state index < -0.39 is 0 Å². The number of carbonyl (C=O) groups is 1. The third-order valence-corrected chi connectivity index (χ3v) is 5.02. The van der Waals surface area contributed by atoms with Crippen molar-refractivity contribution in [3.05, 3.63) is 76.5 Å². The van der Waals surface area contributed by atoms with Gasteiger partial charge in [-0.3, -0.25) is 14.6 Å². The number of H-pyrrole nitrogens is 1. The number of piperidine rings is 1. The first-order valence-electron chi connectivity index (χ1n) is 9.46. The number of rotatable bonds is 4. The number of carbonyl (C=O) groups excluding carboxylic acids is 1. The highest BCUT2D eigenvalue weighted by Crippen LogP contribution is 2.16. The van der Waals surface area contributed by atoms with Gasteiger partial charge in [0.25, 0.3) is 11.5 Å². The topological polar surface area (TPSA) is 83.0 Å². The maximum absolute atomic E-state index is 12.6. The van der Waals surface area contributed by atoms with Crippen molar-refractivity contribution in [2.45, 2.75) is 25.8 Å². The summed E-state index contributed by atoms with van der Waals surface area (Å²) in [5.41, 5.74) is 2.25. The summed E-state index contributed by atoms with van der Waals surface area (Å²) >= 11 is 0. The van der Waals surface area contributed by atoms with Crippen LogP contribution in [-0.4, -0.2) is 39.6 Å². The number of amides is 1. The Hall–Kier alpha value is -3.35. The first-order valence-corrected chi connectivity index (χ1v) is 9.46. The molecule has 1 aliphatic heterocycles. The highest BCUT2D eigenvalue weighted by Gasteiger charge is 2.22. The lowest BCUT2D eigenvalue weighted by Crippen LogP contribution is -2.45. The van der Waals surface area contributed by atoms with Crippen molar-refractivity contribution >= 4 is 11.9 Å². The number of hydrogen-bond acceptors (Lipinski definition) is 4. The fourth-order valence-electron chi connectivity index (χ4n) is 3.51. The molecule has 3 heterocycles. The third-order valence-electron chi connectivity index (χ3n) is 5.02. The largest absolute Gasteiger partial charge is 0.349 e. The van der Waals surface area contributed by atoms with Gasteiger partial charge in [-0.1, -0.05) is 0 Å². The van der Waals surface area contributed by atoms with E-state index in [4.69, 9.17) is 0 Å². The number of hydrogen-bond donors (Lipinski definition) is 2. The summed E-state index contributed by atoms with van der Waals surface area (Å²) in [5.74, 6) is 0.551. The SMILES string of the molecule is Cc1cc(=O)[nH]c(N2CCC(NC(=O)c3ccc(-n4cccc4)cc3)CC2)n1. The van der Waals surface area contributed by atoms with Crippen molar-refractivity contribution in [2.24, 2.45) is 0 Å². The number of nitrogens with one attached hydrogen (secondary N) is 2. The fourth-order valence-corrected chi connectivity index (χ4v) is 3.51. The van der Waals surface area contributed by atoms with Gasteiger partial charge in [0, 0.05) is 54.5 Å². The Morgan fingerprint density at radius 2 is 1.82 bits per heavy atom. The monoisotopic (exact) mass is 377 g/mol. The zero-order chi connectivity index (χ0) is 19.5. The van der Waals surface area contributed by atoms with Crippen molar-refractivity contribution in [3.63, 3.8) is 0 Å². The molecule has 0 aliphatic carbocycles. The molecule has 3 aromatic rings. The van der Waals surface area contributed by atoms with Gasteiger partial charge in [0.05, 0.1) is 0 Å². The lowest BCUT2D eigenvalue weighted by molar-refractivity contribution is 0.0931. The number of aromatic nitrogens is 3. The Kier molecular flexibility index (Phi) is 4.97. The zero-order valence-corrected chi connectivity index (χ0v) is 15.8. The molecule has 2 aromatic heterocycles. The molecule has 1 aliphatic rings.